The molecule has 4 N–H and O–H groups in total. The SMILES string of the molecule is CC(=O)NC(C)(C)/C(N)=N/OCC(=O)NC(C)C1CC2CCC1C2. The lowest BCUT2D eigenvalue weighted by Gasteiger charge is -2.28. The van der Waals surface area contributed by atoms with Crippen molar-refractivity contribution in [2.75, 3.05) is 6.61 Å². The number of carbonyl (C=O) groups excluding carboxylic acids is 2. The number of amidine groups is 1. The molecule has 136 valence electrons. The van der Waals surface area contributed by atoms with Gasteiger partial charge in [0.15, 0.2) is 12.4 Å². The zero-order valence-electron chi connectivity index (χ0n) is 15.1. The Morgan fingerprint density at radius 1 is 1.33 bits per heavy atom. The molecule has 2 aliphatic carbocycles. The second kappa shape index (κ2) is 7.40. The van der Waals surface area contributed by atoms with Gasteiger partial charge in [0.1, 0.15) is 0 Å². The van der Waals surface area contributed by atoms with Gasteiger partial charge in [-0.25, -0.2) is 0 Å². The number of hydrogen-bond acceptors (Lipinski definition) is 4. The van der Waals surface area contributed by atoms with Crippen molar-refractivity contribution in [1.29, 1.82) is 0 Å². The van der Waals surface area contributed by atoms with E-state index in [1.165, 1.54) is 32.6 Å². The number of oxime groups is 1. The molecular weight excluding hydrogens is 308 g/mol. The molecule has 24 heavy (non-hydrogen) atoms. The summed E-state index contributed by atoms with van der Waals surface area (Å²) in [5, 5.41) is 9.42. The Balaban J connectivity index is 1.74. The van der Waals surface area contributed by atoms with Gasteiger partial charge in [-0.2, -0.15) is 0 Å². The van der Waals surface area contributed by atoms with Crippen molar-refractivity contribution >= 4 is 17.6 Å². The van der Waals surface area contributed by atoms with Crippen molar-refractivity contribution in [2.24, 2.45) is 28.6 Å². The van der Waals surface area contributed by atoms with Crippen LogP contribution in [0, 0.1) is 17.8 Å². The van der Waals surface area contributed by atoms with Gasteiger partial charge in [0, 0.05) is 13.0 Å². The fourth-order valence-electron chi connectivity index (χ4n) is 4.09. The summed E-state index contributed by atoms with van der Waals surface area (Å²) in [5.74, 6) is 1.91. The minimum atomic E-state index is -0.821. The third-order valence-corrected chi connectivity index (χ3v) is 5.31. The molecule has 4 atom stereocenters. The molecule has 2 bridgehead atoms. The van der Waals surface area contributed by atoms with Gasteiger partial charge in [0.2, 0.25) is 5.91 Å². The fraction of sp³-hybridized carbons (Fsp3) is 0.824. The van der Waals surface area contributed by atoms with Gasteiger partial charge in [-0.1, -0.05) is 11.6 Å². The predicted octanol–water partition coefficient (Wildman–Crippen LogP) is 1.13. The molecule has 2 fully saturated rings. The molecule has 7 nitrogen and oxygen atoms in total. The van der Waals surface area contributed by atoms with Crippen LogP contribution >= 0.6 is 0 Å². The van der Waals surface area contributed by atoms with E-state index in [2.05, 4.69) is 22.7 Å². The average Bonchev–Trinajstić information content (AvgIpc) is 3.08. The number of rotatable bonds is 7. The van der Waals surface area contributed by atoms with E-state index < -0.39 is 5.54 Å². The lowest BCUT2D eigenvalue weighted by atomic mass is 9.84. The maximum Gasteiger partial charge on any atom is 0.260 e. The van der Waals surface area contributed by atoms with E-state index in [1.54, 1.807) is 13.8 Å². The van der Waals surface area contributed by atoms with Crippen LogP contribution in [0.3, 0.4) is 0 Å². The number of nitrogens with two attached hydrogens (primary N) is 1. The number of hydrogen-bond donors (Lipinski definition) is 3. The van der Waals surface area contributed by atoms with Crippen LogP contribution < -0.4 is 16.4 Å². The maximum atomic E-state index is 12.0. The van der Waals surface area contributed by atoms with E-state index in [9.17, 15) is 9.59 Å². The third kappa shape index (κ3) is 4.61. The number of amides is 2. The van der Waals surface area contributed by atoms with Crippen molar-refractivity contribution < 1.29 is 14.4 Å². The van der Waals surface area contributed by atoms with Gasteiger partial charge in [0.25, 0.3) is 5.91 Å². The van der Waals surface area contributed by atoms with Gasteiger partial charge in [-0.3, -0.25) is 9.59 Å². The van der Waals surface area contributed by atoms with Gasteiger partial charge in [0.05, 0.1) is 5.54 Å². The Hall–Kier alpha value is -1.79. The molecule has 0 aromatic heterocycles. The quantitative estimate of drug-likeness (QED) is 0.367. The zero-order chi connectivity index (χ0) is 17.9. The summed E-state index contributed by atoms with van der Waals surface area (Å²) >= 11 is 0. The molecule has 0 aliphatic heterocycles. The smallest absolute Gasteiger partial charge is 0.260 e. The molecule has 0 radical (unpaired) electrons. The first-order valence-electron chi connectivity index (χ1n) is 8.73. The van der Waals surface area contributed by atoms with Crippen molar-refractivity contribution in [3.8, 4) is 0 Å². The van der Waals surface area contributed by atoms with E-state index in [-0.39, 0.29) is 30.3 Å². The molecule has 0 saturated heterocycles. The first-order chi connectivity index (χ1) is 11.2. The lowest BCUT2D eigenvalue weighted by Crippen LogP contribution is -2.52. The molecule has 0 aromatic rings. The summed E-state index contributed by atoms with van der Waals surface area (Å²) in [7, 11) is 0. The van der Waals surface area contributed by atoms with Crippen molar-refractivity contribution in [3.63, 3.8) is 0 Å². The number of nitrogens with one attached hydrogen (secondary N) is 2. The number of carbonyl (C=O) groups is 2. The third-order valence-electron chi connectivity index (χ3n) is 5.31. The van der Waals surface area contributed by atoms with Gasteiger partial charge < -0.3 is 21.2 Å². The van der Waals surface area contributed by atoms with Crippen LogP contribution in [-0.4, -0.2) is 35.8 Å². The molecule has 2 rings (SSSR count). The molecule has 0 heterocycles. The highest BCUT2D eigenvalue weighted by atomic mass is 16.6. The summed E-state index contributed by atoms with van der Waals surface area (Å²) in [5.41, 5.74) is 4.99. The van der Waals surface area contributed by atoms with Crippen LogP contribution in [0.1, 0.15) is 53.4 Å². The predicted molar refractivity (Wildman–Crippen MR) is 92.0 cm³/mol. The number of nitrogens with zero attached hydrogens (tertiary/aromatic N) is 1. The largest absolute Gasteiger partial charge is 0.384 e. The monoisotopic (exact) mass is 338 g/mol. The average molecular weight is 338 g/mol. The summed E-state index contributed by atoms with van der Waals surface area (Å²) in [6.07, 6.45) is 5.19. The Morgan fingerprint density at radius 2 is 2.04 bits per heavy atom. The van der Waals surface area contributed by atoms with Crippen LogP contribution in [0.5, 0.6) is 0 Å². The summed E-state index contributed by atoms with van der Waals surface area (Å²) < 4.78 is 0. The topological polar surface area (TPSA) is 106 Å². The van der Waals surface area contributed by atoms with E-state index in [0.29, 0.717) is 5.92 Å². The van der Waals surface area contributed by atoms with E-state index >= 15 is 0 Å². The maximum absolute atomic E-state index is 12.0. The first-order valence-corrected chi connectivity index (χ1v) is 8.73. The van der Waals surface area contributed by atoms with Crippen LogP contribution in [0.25, 0.3) is 0 Å². The highest BCUT2D eigenvalue weighted by Crippen LogP contribution is 2.49. The lowest BCUT2D eigenvalue weighted by molar-refractivity contribution is -0.127. The Kier molecular flexibility index (Phi) is 5.72. The zero-order valence-corrected chi connectivity index (χ0v) is 15.1. The van der Waals surface area contributed by atoms with Crippen LogP contribution in [-0.2, 0) is 14.4 Å². The second-order valence-corrected chi connectivity index (χ2v) is 7.75. The molecule has 0 spiro atoms. The normalized spacial score (nSPS) is 27.7. The van der Waals surface area contributed by atoms with Crippen molar-refractivity contribution in [2.45, 2.75) is 65.0 Å². The van der Waals surface area contributed by atoms with Crippen LogP contribution in [0.2, 0.25) is 0 Å². The van der Waals surface area contributed by atoms with E-state index in [0.717, 1.165) is 11.8 Å². The molecular formula is C17H30N4O3. The molecule has 4 unspecified atom stereocenters. The van der Waals surface area contributed by atoms with Gasteiger partial charge in [-0.15, -0.1) is 0 Å². The minimum Gasteiger partial charge on any atom is -0.384 e. The Labute approximate surface area is 143 Å². The van der Waals surface area contributed by atoms with Gasteiger partial charge >= 0.3 is 0 Å². The van der Waals surface area contributed by atoms with Gasteiger partial charge in [-0.05, 0) is 57.8 Å². The molecule has 2 saturated carbocycles. The van der Waals surface area contributed by atoms with Crippen LogP contribution in [0.4, 0.5) is 0 Å². The highest BCUT2D eigenvalue weighted by molar-refractivity contribution is 5.92. The van der Waals surface area contributed by atoms with E-state index in [1.807, 2.05) is 0 Å². The van der Waals surface area contributed by atoms with Crippen molar-refractivity contribution in [3.05, 3.63) is 0 Å². The first kappa shape index (κ1) is 18.5. The highest BCUT2D eigenvalue weighted by Gasteiger charge is 2.42. The minimum absolute atomic E-state index is 0.117. The second-order valence-electron chi connectivity index (χ2n) is 7.75. The molecule has 0 aromatic carbocycles. The number of fused-ring (bicyclic) bond motifs is 2. The summed E-state index contributed by atoms with van der Waals surface area (Å²) in [6.45, 7) is 6.73. The summed E-state index contributed by atoms with van der Waals surface area (Å²) in [4.78, 5) is 28.2. The molecule has 2 amide bonds. The fourth-order valence-corrected chi connectivity index (χ4v) is 4.09. The molecule has 2 aliphatic rings. The molecule has 7 heteroatoms. The van der Waals surface area contributed by atoms with Crippen LogP contribution in [0.15, 0.2) is 5.16 Å². The van der Waals surface area contributed by atoms with E-state index in [4.69, 9.17) is 10.6 Å². The standard InChI is InChI=1S/C17H30N4O3/c1-10(14-8-12-5-6-13(14)7-12)19-15(23)9-24-21-16(18)17(3,4)20-11(2)22/h10,12-14H,5-9H2,1-4H3,(H2,18,21)(H,19,23)(H,20,22). The Bertz CT molecular complexity index is 518. The Morgan fingerprint density at radius 3 is 2.58 bits per heavy atom. The summed E-state index contributed by atoms with van der Waals surface area (Å²) in [6, 6.07) is 0.161. The van der Waals surface area contributed by atoms with Crippen molar-refractivity contribution in [1.82, 2.24) is 10.6 Å².